The molecule has 2 aliphatic rings. The van der Waals surface area contributed by atoms with Gasteiger partial charge in [-0.05, 0) is 31.4 Å². The minimum atomic E-state index is 0.0414. The van der Waals surface area contributed by atoms with E-state index in [0.717, 1.165) is 74.1 Å². The van der Waals surface area contributed by atoms with Gasteiger partial charge in [0.2, 0.25) is 5.95 Å². The van der Waals surface area contributed by atoms with Gasteiger partial charge in [0.05, 0.1) is 18.5 Å². The monoisotopic (exact) mass is 326 g/mol. The van der Waals surface area contributed by atoms with Crippen molar-refractivity contribution in [1.82, 2.24) is 9.97 Å². The van der Waals surface area contributed by atoms with Gasteiger partial charge in [-0.3, -0.25) is 9.78 Å². The molecule has 2 heterocycles. The molecule has 0 radical (unpaired) electrons. The van der Waals surface area contributed by atoms with Gasteiger partial charge in [-0.1, -0.05) is 12.1 Å². The first-order chi connectivity index (χ1) is 11.8. The summed E-state index contributed by atoms with van der Waals surface area (Å²) in [6.07, 6.45) is 2.82. The normalized spacial score (nSPS) is 17.0. The van der Waals surface area contributed by atoms with E-state index in [1.54, 1.807) is 7.11 Å². The number of rotatable bonds is 3. The number of benzene rings is 1. The van der Waals surface area contributed by atoms with Crippen LogP contribution in [0.3, 0.4) is 0 Å². The highest BCUT2D eigenvalue weighted by molar-refractivity contribution is 5.59. The van der Waals surface area contributed by atoms with Crippen LogP contribution >= 0.6 is 0 Å². The first kappa shape index (κ1) is 15.1. The van der Waals surface area contributed by atoms with Crippen LogP contribution in [0, 0.1) is 0 Å². The number of anilines is 2. The maximum Gasteiger partial charge on any atom is 0.255 e. The number of hydrogen-bond acceptors (Lipinski definition) is 5. The van der Waals surface area contributed by atoms with Crippen molar-refractivity contribution in [3.8, 4) is 5.75 Å². The fourth-order valence-corrected chi connectivity index (χ4v) is 3.63. The number of fused-ring (bicyclic) bond motifs is 1. The maximum atomic E-state index is 12.2. The van der Waals surface area contributed by atoms with Crippen molar-refractivity contribution in [3.63, 3.8) is 0 Å². The topological polar surface area (TPSA) is 61.5 Å². The number of piperazine rings is 1. The zero-order chi connectivity index (χ0) is 16.5. The van der Waals surface area contributed by atoms with Crippen LogP contribution in [0.1, 0.15) is 17.7 Å². The summed E-state index contributed by atoms with van der Waals surface area (Å²) in [5.41, 5.74) is 3.03. The minimum Gasteiger partial charge on any atom is -0.495 e. The third-order valence-corrected chi connectivity index (χ3v) is 4.93. The third-order valence-electron chi connectivity index (χ3n) is 4.93. The molecule has 1 N–H and O–H groups in total. The Hall–Kier alpha value is -2.50. The molecule has 0 atom stereocenters. The van der Waals surface area contributed by atoms with Gasteiger partial charge < -0.3 is 14.5 Å². The van der Waals surface area contributed by atoms with Crippen LogP contribution in [-0.2, 0) is 12.8 Å². The van der Waals surface area contributed by atoms with Gasteiger partial charge in [-0.15, -0.1) is 0 Å². The summed E-state index contributed by atoms with van der Waals surface area (Å²) in [7, 11) is 1.70. The Morgan fingerprint density at radius 1 is 1.08 bits per heavy atom. The molecule has 2 aromatic rings. The SMILES string of the molecule is COc1ccccc1N1CCN(c2nc3c(c(=O)[nH]2)CCC3)CC1. The van der Waals surface area contributed by atoms with E-state index in [0.29, 0.717) is 0 Å². The van der Waals surface area contributed by atoms with Gasteiger partial charge in [0.15, 0.2) is 0 Å². The molecule has 1 saturated heterocycles. The lowest BCUT2D eigenvalue weighted by molar-refractivity contribution is 0.413. The summed E-state index contributed by atoms with van der Waals surface area (Å²) in [4.78, 5) is 24.4. The van der Waals surface area contributed by atoms with Crippen LogP contribution in [-0.4, -0.2) is 43.3 Å². The number of aromatic nitrogens is 2. The first-order valence-corrected chi connectivity index (χ1v) is 8.51. The van der Waals surface area contributed by atoms with Crippen LogP contribution in [0.2, 0.25) is 0 Å². The lowest BCUT2D eigenvalue weighted by Crippen LogP contribution is -2.47. The summed E-state index contributed by atoms with van der Waals surface area (Å²) in [6.45, 7) is 3.42. The Morgan fingerprint density at radius 3 is 2.62 bits per heavy atom. The van der Waals surface area contributed by atoms with Crippen molar-refractivity contribution >= 4 is 11.6 Å². The fraction of sp³-hybridized carbons (Fsp3) is 0.444. The Bertz CT molecular complexity index is 794. The fourth-order valence-electron chi connectivity index (χ4n) is 3.63. The average molecular weight is 326 g/mol. The van der Waals surface area contributed by atoms with Crippen molar-refractivity contribution in [2.45, 2.75) is 19.3 Å². The molecule has 6 heteroatoms. The van der Waals surface area contributed by atoms with E-state index < -0.39 is 0 Å². The second kappa shape index (κ2) is 6.19. The van der Waals surface area contributed by atoms with Crippen LogP contribution in [0.4, 0.5) is 11.6 Å². The van der Waals surface area contributed by atoms with Crippen molar-refractivity contribution in [2.75, 3.05) is 43.1 Å². The van der Waals surface area contributed by atoms with Crippen molar-refractivity contribution in [3.05, 3.63) is 45.9 Å². The van der Waals surface area contributed by atoms with Gasteiger partial charge >= 0.3 is 0 Å². The number of H-pyrrole nitrogens is 1. The zero-order valence-corrected chi connectivity index (χ0v) is 13.9. The third kappa shape index (κ3) is 2.62. The molecular weight excluding hydrogens is 304 g/mol. The number of hydrogen-bond donors (Lipinski definition) is 1. The van der Waals surface area contributed by atoms with Crippen LogP contribution < -0.4 is 20.1 Å². The van der Waals surface area contributed by atoms with Gasteiger partial charge in [0.1, 0.15) is 5.75 Å². The molecule has 1 fully saturated rings. The summed E-state index contributed by atoms with van der Waals surface area (Å²) in [5.74, 6) is 1.62. The molecule has 0 spiro atoms. The number of aromatic amines is 1. The van der Waals surface area contributed by atoms with E-state index in [2.05, 4.69) is 20.9 Å². The molecule has 1 aromatic carbocycles. The zero-order valence-electron chi connectivity index (χ0n) is 13.9. The highest BCUT2D eigenvalue weighted by atomic mass is 16.5. The molecule has 1 aliphatic carbocycles. The molecule has 0 bridgehead atoms. The van der Waals surface area contributed by atoms with Gasteiger partial charge in [0.25, 0.3) is 5.56 Å². The summed E-state index contributed by atoms with van der Waals surface area (Å²) in [5, 5.41) is 0. The maximum absolute atomic E-state index is 12.2. The van der Waals surface area contributed by atoms with E-state index in [1.807, 2.05) is 18.2 Å². The van der Waals surface area contributed by atoms with Gasteiger partial charge in [-0.2, -0.15) is 0 Å². The van der Waals surface area contributed by atoms with Crippen LogP contribution in [0.5, 0.6) is 5.75 Å². The summed E-state index contributed by atoms with van der Waals surface area (Å²) < 4.78 is 5.46. The second-order valence-corrected chi connectivity index (χ2v) is 6.31. The van der Waals surface area contributed by atoms with E-state index >= 15 is 0 Å². The Labute approximate surface area is 141 Å². The van der Waals surface area contributed by atoms with Crippen LogP contribution in [0.15, 0.2) is 29.1 Å². The largest absolute Gasteiger partial charge is 0.495 e. The van der Waals surface area contributed by atoms with E-state index in [4.69, 9.17) is 9.72 Å². The lowest BCUT2D eigenvalue weighted by atomic mass is 10.2. The van der Waals surface area contributed by atoms with E-state index in [9.17, 15) is 4.79 Å². The van der Waals surface area contributed by atoms with E-state index in [1.165, 1.54) is 0 Å². The predicted octanol–water partition coefficient (Wildman–Crippen LogP) is 1.59. The summed E-state index contributed by atoms with van der Waals surface area (Å²) in [6, 6.07) is 8.09. The standard InChI is InChI=1S/C18H22N4O2/c1-24-16-8-3-2-7-15(16)21-9-11-22(12-10-21)18-19-14-6-4-5-13(14)17(23)20-18/h2-3,7-8H,4-6,9-12H2,1H3,(H,19,20,23). The Balaban J connectivity index is 1.51. The molecule has 4 rings (SSSR count). The van der Waals surface area contributed by atoms with E-state index in [-0.39, 0.29) is 5.56 Å². The highest BCUT2D eigenvalue weighted by Crippen LogP contribution is 2.29. The molecule has 24 heavy (non-hydrogen) atoms. The second-order valence-electron chi connectivity index (χ2n) is 6.31. The Morgan fingerprint density at radius 2 is 1.83 bits per heavy atom. The summed E-state index contributed by atoms with van der Waals surface area (Å²) >= 11 is 0. The number of ether oxygens (including phenoxy) is 1. The van der Waals surface area contributed by atoms with Crippen molar-refractivity contribution in [1.29, 1.82) is 0 Å². The molecule has 0 saturated carbocycles. The lowest BCUT2D eigenvalue weighted by Gasteiger charge is -2.36. The quantitative estimate of drug-likeness (QED) is 0.928. The van der Waals surface area contributed by atoms with Gasteiger partial charge in [0, 0.05) is 31.7 Å². The highest BCUT2D eigenvalue weighted by Gasteiger charge is 2.23. The molecule has 1 aromatic heterocycles. The number of nitrogens with one attached hydrogen (secondary N) is 1. The number of aryl methyl sites for hydroxylation is 1. The number of para-hydroxylation sites is 2. The molecular formula is C18H22N4O2. The molecule has 126 valence electrons. The smallest absolute Gasteiger partial charge is 0.255 e. The number of methoxy groups -OCH3 is 1. The molecule has 0 amide bonds. The number of nitrogens with zero attached hydrogens (tertiary/aromatic N) is 3. The van der Waals surface area contributed by atoms with Crippen molar-refractivity contribution in [2.24, 2.45) is 0 Å². The van der Waals surface area contributed by atoms with Crippen LogP contribution in [0.25, 0.3) is 0 Å². The first-order valence-electron chi connectivity index (χ1n) is 8.51. The van der Waals surface area contributed by atoms with Gasteiger partial charge in [-0.25, -0.2) is 4.98 Å². The van der Waals surface area contributed by atoms with Crippen molar-refractivity contribution < 1.29 is 4.74 Å². The minimum absolute atomic E-state index is 0.0414. The predicted molar refractivity (Wildman–Crippen MR) is 94.3 cm³/mol. The molecule has 1 aliphatic heterocycles. The molecule has 0 unspecified atom stereocenters. The molecule has 6 nitrogen and oxygen atoms in total. The average Bonchev–Trinajstić information content (AvgIpc) is 3.11. The Kier molecular flexibility index (Phi) is 3.88.